The molecule has 1 N–H and O–H groups in total. The minimum atomic E-state index is -0.249. The summed E-state index contributed by atoms with van der Waals surface area (Å²) in [6.07, 6.45) is 4.38. The van der Waals surface area contributed by atoms with Crippen molar-refractivity contribution in [2.75, 3.05) is 5.32 Å². The highest BCUT2D eigenvalue weighted by molar-refractivity contribution is 5.93. The zero-order valence-electron chi connectivity index (χ0n) is 12.8. The third kappa shape index (κ3) is 3.18. The van der Waals surface area contributed by atoms with Gasteiger partial charge in [-0.3, -0.25) is 10.1 Å². The molecule has 2 atom stereocenters. The number of benzene rings is 1. The Morgan fingerprint density at radius 1 is 1.41 bits per heavy atom. The fourth-order valence-electron chi connectivity index (χ4n) is 2.74. The lowest BCUT2D eigenvalue weighted by atomic mass is 10.1. The van der Waals surface area contributed by atoms with Gasteiger partial charge in [0.25, 0.3) is 0 Å². The predicted molar refractivity (Wildman–Crippen MR) is 82.9 cm³/mol. The Morgan fingerprint density at radius 3 is 2.82 bits per heavy atom. The van der Waals surface area contributed by atoms with Gasteiger partial charge in [0.15, 0.2) is 0 Å². The van der Waals surface area contributed by atoms with E-state index in [2.05, 4.69) is 24.1 Å². The van der Waals surface area contributed by atoms with Crippen molar-refractivity contribution >= 4 is 11.9 Å². The van der Waals surface area contributed by atoms with Gasteiger partial charge in [-0.1, -0.05) is 26.0 Å². The Bertz CT molecular complexity index is 663. The lowest BCUT2D eigenvalue weighted by Gasteiger charge is -2.11. The molecule has 2 aromatic rings. The number of aromatic nitrogens is 2. The molecule has 0 bridgehead atoms. The molecular weight excluding hydrogens is 281 g/mol. The Morgan fingerprint density at radius 2 is 2.14 bits per heavy atom. The fourth-order valence-corrected chi connectivity index (χ4v) is 2.74. The molecule has 3 rings (SSSR count). The van der Waals surface area contributed by atoms with E-state index in [1.54, 1.807) is 18.3 Å². The molecule has 0 saturated heterocycles. The number of carbonyl (C=O) groups is 1. The number of carbonyl (C=O) groups excluding carboxylic acids is 1. The summed E-state index contributed by atoms with van der Waals surface area (Å²) in [5, 5.41) is 2.91. The summed E-state index contributed by atoms with van der Waals surface area (Å²) in [6.45, 7) is 5.07. The monoisotopic (exact) mass is 301 g/mol. The molecule has 116 valence electrons. The number of nitrogens with zero attached hydrogens (tertiary/aromatic N) is 2. The maximum atomic E-state index is 12.9. The van der Waals surface area contributed by atoms with Gasteiger partial charge in [0, 0.05) is 24.9 Å². The van der Waals surface area contributed by atoms with Crippen LogP contribution in [-0.2, 0) is 11.3 Å². The van der Waals surface area contributed by atoms with Crippen molar-refractivity contribution in [2.24, 2.45) is 11.8 Å². The van der Waals surface area contributed by atoms with Gasteiger partial charge >= 0.3 is 0 Å². The maximum absolute atomic E-state index is 12.9. The van der Waals surface area contributed by atoms with Crippen molar-refractivity contribution in [3.8, 4) is 0 Å². The normalized spacial score (nSPS) is 20.2. The molecule has 2 unspecified atom stereocenters. The van der Waals surface area contributed by atoms with Gasteiger partial charge in [-0.05, 0) is 36.0 Å². The molecule has 0 aliphatic heterocycles. The van der Waals surface area contributed by atoms with E-state index < -0.39 is 0 Å². The molecule has 0 radical (unpaired) electrons. The highest BCUT2D eigenvalue weighted by atomic mass is 19.1. The number of imidazole rings is 1. The number of amides is 1. The highest BCUT2D eigenvalue weighted by Crippen LogP contribution is 2.47. The topological polar surface area (TPSA) is 46.9 Å². The van der Waals surface area contributed by atoms with E-state index in [-0.39, 0.29) is 23.6 Å². The van der Waals surface area contributed by atoms with E-state index >= 15 is 0 Å². The molecule has 5 heteroatoms. The number of hydrogen-bond acceptors (Lipinski definition) is 2. The average Bonchev–Trinajstić information content (AvgIpc) is 3.16. The molecule has 22 heavy (non-hydrogen) atoms. The number of hydrogen-bond donors (Lipinski definition) is 1. The standard InChI is InChI=1S/C17H20FN3O/c1-11(2)10-21-8-7-19-17(21)20-16(22)15-9-14(15)12-3-5-13(18)6-4-12/h3-8,11,14-15H,9-10H2,1-2H3,(H,19,20,22). The third-order valence-electron chi connectivity index (χ3n) is 3.94. The first-order chi connectivity index (χ1) is 10.5. The van der Waals surface area contributed by atoms with E-state index in [0.29, 0.717) is 11.9 Å². The maximum Gasteiger partial charge on any atom is 0.230 e. The summed E-state index contributed by atoms with van der Waals surface area (Å²) in [7, 11) is 0. The van der Waals surface area contributed by atoms with Crippen LogP contribution in [0.1, 0.15) is 31.7 Å². The zero-order chi connectivity index (χ0) is 15.7. The van der Waals surface area contributed by atoms with Crippen molar-refractivity contribution in [2.45, 2.75) is 32.7 Å². The highest BCUT2D eigenvalue weighted by Gasteiger charge is 2.44. The average molecular weight is 301 g/mol. The second-order valence-electron chi connectivity index (χ2n) is 6.29. The second kappa shape index (κ2) is 5.91. The van der Waals surface area contributed by atoms with Crippen LogP contribution in [0.25, 0.3) is 0 Å². The molecule has 1 amide bonds. The van der Waals surface area contributed by atoms with Gasteiger partial charge in [0.2, 0.25) is 11.9 Å². The van der Waals surface area contributed by atoms with E-state index in [0.717, 1.165) is 18.5 Å². The summed E-state index contributed by atoms with van der Waals surface area (Å²) in [5.41, 5.74) is 1.02. The Balaban J connectivity index is 1.62. The molecule has 1 aliphatic rings. The quantitative estimate of drug-likeness (QED) is 0.920. The van der Waals surface area contributed by atoms with Crippen LogP contribution in [0.5, 0.6) is 0 Å². The summed E-state index contributed by atoms with van der Waals surface area (Å²) >= 11 is 0. The predicted octanol–water partition coefficient (Wildman–Crippen LogP) is 3.42. The van der Waals surface area contributed by atoms with E-state index in [4.69, 9.17) is 0 Å². The van der Waals surface area contributed by atoms with Crippen molar-refractivity contribution in [1.82, 2.24) is 9.55 Å². The minimum absolute atomic E-state index is 0.00877. The van der Waals surface area contributed by atoms with E-state index in [1.807, 2.05) is 10.8 Å². The molecule has 1 saturated carbocycles. The smallest absolute Gasteiger partial charge is 0.230 e. The van der Waals surface area contributed by atoms with Crippen LogP contribution in [0.15, 0.2) is 36.7 Å². The third-order valence-corrected chi connectivity index (χ3v) is 3.94. The molecule has 4 nitrogen and oxygen atoms in total. The van der Waals surface area contributed by atoms with Gasteiger partial charge < -0.3 is 4.57 Å². The number of anilines is 1. The SMILES string of the molecule is CC(C)Cn1ccnc1NC(=O)C1CC1c1ccc(F)cc1. The summed E-state index contributed by atoms with van der Waals surface area (Å²) < 4.78 is 14.9. The van der Waals surface area contributed by atoms with E-state index in [1.165, 1.54) is 12.1 Å². The summed E-state index contributed by atoms with van der Waals surface area (Å²) in [6, 6.07) is 6.40. The largest absolute Gasteiger partial charge is 0.317 e. The van der Waals surface area contributed by atoms with Crippen molar-refractivity contribution in [1.29, 1.82) is 0 Å². The van der Waals surface area contributed by atoms with Crippen LogP contribution in [0.4, 0.5) is 10.3 Å². The Labute approximate surface area is 129 Å². The molecule has 0 spiro atoms. The van der Waals surface area contributed by atoms with Gasteiger partial charge in [-0.2, -0.15) is 0 Å². The molecule has 1 aromatic carbocycles. The van der Waals surface area contributed by atoms with Gasteiger partial charge in [-0.25, -0.2) is 9.37 Å². The van der Waals surface area contributed by atoms with Crippen LogP contribution in [0.2, 0.25) is 0 Å². The van der Waals surface area contributed by atoms with E-state index in [9.17, 15) is 9.18 Å². The molecular formula is C17H20FN3O. The lowest BCUT2D eigenvalue weighted by molar-refractivity contribution is -0.117. The number of halogens is 1. The number of nitrogens with one attached hydrogen (secondary N) is 1. The molecule has 1 heterocycles. The fraction of sp³-hybridized carbons (Fsp3) is 0.412. The first-order valence-corrected chi connectivity index (χ1v) is 7.62. The Hall–Kier alpha value is -2.17. The van der Waals surface area contributed by atoms with Crippen molar-refractivity contribution in [3.05, 3.63) is 48.0 Å². The van der Waals surface area contributed by atoms with Gasteiger partial charge in [0.1, 0.15) is 5.82 Å². The zero-order valence-corrected chi connectivity index (χ0v) is 12.8. The van der Waals surface area contributed by atoms with Gasteiger partial charge in [0.05, 0.1) is 0 Å². The first-order valence-electron chi connectivity index (χ1n) is 7.62. The molecule has 1 aliphatic carbocycles. The summed E-state index contributed by atoms with van der Waals surface area (Å²) in [5.74, 6) is 0.969. The second-order valence-corrected chi connectivity index (χ2v) is 6.29. The van der Waals surface area contributed by atoms with Crippen LogP contribution in [-0.4, -0.2) is 15.5 Å². The minimum Gasteiger partial charge on any atom is -0.317 e. The molecule has 1 fully saturated rings. The van der Waals surface area contributed by atoms with Crippen molar-refractivity contribution < 1.29 is 9.18 Å². The van der Waals surface area contributed by atoms with Crippen molar-refractivity contribution in [3.63, 3.8) is 0 Å². The molecule has 1 aromatic heterocycles. The van der Waals surface area contributed by atoms with Crippen LogP contribution >= 0.6 is 0 Å². The van der Waals surface area contributed by atoms with Gasteiger partial charge in [-0.15, -0.1) is 0 Å². The van der Waals surface area contributed by atoms with Crippen LogP contribution in [0, 0.1) is 17.7 Å². The van der Waals surface area contributed by atoms with Crippen LogP contribution < -0.4 is 5.32 Å². The van der Waals surface area contributed by atoms with Crippen LogP contribution in [0.3, 0.4) is 0 Å². The first kappa shape index (κ1) is 14.8. The Kier molecular flexibility index (Phi) is 3.96. The number of rotatable bonds is 5. The summed E-state index contributed by atoms with van der Waals surface area (Å²) in [4.78, 5) is 16.5. The lowest BCUT2D eigenvalue weighted by Crippen LogP contribution is -2.19.